The van der Waals surface area contributed by atoms with Gasteiger partial charge in [0.05, 0.1) is 18.1 Å². The maximum absolute atomic E-state index is 12.4. The SMILES string of the molecule is COc1ccc(NC(=O)[C@H](C)[NH2+][C@H](C)c2ccccc2)c([N+](=O)[O-])c1. The third-order valence-corrected chi connectivity index (χ3v) is 3.98. The molecule has 0 aliphatic carbocycles. The van der Waals surface area contributed by atoms with Gasteiger partial charge < -0.3 is 15.4 Å². The third kappa shape index (κ3) is 4.77. The molecule has 0 heterocycles. The predicted molar refractivity (Wildman–Crippen MR) is 94.5 cm³/mol. The predicted octanol–water partition coefficient (Wildman–Crippen LogP) is 2.25. The summed E-state index contributed by atoms with van der Waals surface area (Å²) in [5, 5.41) is 15.7. The van der Waals surface area contributed by atoms with Gasteiger partial charge >= 0.3 is 0 Å². The fourth-order valence-corrected chi connectivity index (χ4v) is 2.53. The van der Waals surface area contributed by atoms with Crippen molar-refractivity contribution in [3.63, 3.8) is 0 Å². The van der Waals surface area contributed by atoms with Crippen LogP contribution in [0.1, 0.15) is 25.5 Å². The number of quaternary nitrogens is 1. The Kier molecular flexibility index (Phi) is 6.08. The summed E-state index contributed by atoms with van der Waals surface area (Å²) in [4.78, 5) is 23.1. The molecule has 2 aromatic carbocycles. The Morgan fingerprint density at radius 2 is 1.88 bits per heavy atom. The van der Waals surface area contributed by atoms with Crippen LogP contribution in [0.5, 0.6) is 5.75 Å². The van der Waals surface area contributed by atoms with Crippen LogP contribution in [0, 0.1) is 10.1 Å². The lowest BCUT2D eigenvalue weighted by molar-refractivity contribution is -0.709. The van der Waals surface area contributed by atoms with Gasteiger partial charge in [-0.3, -0.25) is 14.9 Å². The molecule has 7 heteroatoms. The van der Waals surface area contributed by atoms with E-state index in [0.717, 1.165) is 5.56 Å². The zero-order valence-electron chi connectivity index (χ0n) is 14.4. The molecule has 0 aliphatic rings. The number of carbonyl (C=O) groups excluding carboxylic acids is 1. The second kappa shape index (κ2) is 8.25. The molecule has 0 spiro atoms. The number of hydrogen-bond donors (Lipinski definition) is 2. The summed E-state index contributed by atoms with van der Waals surface area (Å²) < 4.78 is 4.99. The molecular formula is C18H22N3O4+. The molecule has 25 heavy (non-hydrogen) atoms. The molecule has 0 bridgehead atoms. The zero-order valence-corrected chi connectivity index (χ0v) is 14.4. The van der Waals surface area contributed by atoms with Crippen LogP contribution in [0.25, 0.3) is 0 Å². The number of amides is 1. The van der Waals surface area contributed by atoms with E-state index in [4.69, 9.17) is 4.74 Å². The molecule has 2 atom stereocenters. The van der Waals surface area contributed by atoms with Gasteiger partial charge in [0.15, 0.2) is 6.04 Å². The Morgan fingerprint density at radius 1 is 1.20 bits per heavy atom. The van der Waals surface area contributed by atoms with E-state index in [-0.39, 0.29) is 23.3 Å². The van der Waals surface area contributed by atoms with Gasteiger partial charge in [0.1, 0.15) is 17.5 Å². The molecule has 0 aromatic heterocycles. The van der Waals surface area contributed by atoms with Gasteiger partial charge in [-0.15, -0.1) is 0 Å². The molecule has 0 saturated heterocycles. The number of methoxy groups -OCH3 is 1. The minimum atomic E-state index is -0.543. The van der Waals surface area contributed by atoms with Gasteiger partial charge in [-0.05, 0) is 26.0 Å². The van der Waals surface area contributed by atoms with E-state index < -0.39 is 11.0 Å². The van der Waals surface area contributed by atoms with E-state index in [1.807, 2.05) is 42.6 Å². The highest BCUT2D eigenvalue weighted by molar-refractivity contribution is 5.95. The van der Waals surface area contributed by atoms with Crippen molar-refractivity contribution in [1.29, 1.82) is 0 Å². The number of nitro groups is 1. The summed E-state index contributed by atoms with van der Waals surface area (Å²) >= 11 is 0. The fraction of sp³-hybridized carbons (Fsp3) is 0.278. The minimum Gasteiger partial charge on any atom is -0.496 e. The highest BCUT2D eigenvalue weighted by Crippen LogP contribution is 2.28. The number of ether oxygens (including phenoxy) is 1. The van der Waals surface area contributed by atoms with E-state index in [0.29, 0.717) is 5.75 Å². The maximum atomic E-state index is 12.4. The summed E-state index contributed by atoms with van der Waals surface area (Å²) in [6.07, 6.45) is 0. The van der Waals surface area contributed by atoms with E-state index >= 15 is 0 Å². The minimum absolute atomic E-state index is 0.0906. The second-order valence-corrected chi connectivity index (χ2v) is 5.81. The van der Waals surface area contributed by atoms with Crippen LogP contribution in [0.15, 0.2) is 48.5 Å². The number of carbonyl (C=O) groups is 1. The lowest BCUT2D eigenvalue weighted by atomic mass is 10.1. The molecule has 0 aliphatic heterocycles. The van der Waals surface area contributed by atoms with Gasteiger partial charge in [-0.1, -0.05) is 30.3 Å². The first-order chi connectivity index (χ1) is 11.9. The van der Waals surface area contributed by atoms with Gasteiger partial charge in [0, 0.05) is 5.56 Å². The van der Waals surface area contributed by atoms with Crippen LogP contribution in [-0.4, -0.2) is 24.0 Å². The van der Waals surface area contributed by atoms with Gasteiger partial charge in [0.2, 0.25) is 0 Å². The monoisotopic (exact) mass is 344 g/mol. The summed E-state index contributed by atoms with van der Waals surface area (Å²) in [5.74, 6) is 0.0676. The van der Waals surface area contributed by atoms with Crippen molar-refractivity contribution in [1.82, 2.24) is 0 Å². The first-order valence-corrected chi connectivity index (χ1v) is 7.95. The number of nitro benzene ring substituents is 1. The van der Waals surface area contributed by atoms with E-state index in [2.05, 4.69) is 5.32 Å². The van der Waals surface area contributed by atoms with E-state index in [9.17, 15) is 14.9 Å². The summed E-state index contributed by atoms with van der Waals surface area (Å²) in [6, 6.07) is 13.9. The van der Waals surface area contributed by atoms with Crippen molar-refractivity contribution >= 4 is 17.3 Å². The average molecular weight is 344 g/mol. The molecule has 0 radical (unpaired) electrons. The highest BCUT2D eigenvalue weighted by atomic mass is 16.6. The van der Waals surface area contributed by atoms with Gasteiger partial charge in [-0.2, -0.15) is 0 Å². The van der Waals surface area contributed by atoms with Crippen molar-refractivity contribution in [3.8, 4) is 5.75 Å². The first-order valence-electron chi connectivity index (χ1n) is 7.95. The summed E-state index contributed by atoms with van der Waals surface area (Å²) in [5.41, 5.74) is 1.07. The molecule has 1 amide bonds. The van der Waals surface area contributed by atoms with Crippen molar-refractivity contribution in [2.24, 2.45) is 0 Å². The molecule has 0 saturated carbocycles. The van der Waals surface area contributed by atoms with Crippen molar-refractivity contribution in [2.75, 3.05) is 12.4 Å². The molecule has 7 nitrogen and oxygen atoms in total. The molecule has 2 rings (SSSR count). The fourth-order valence-electron chi connectivity index (χ4n) is 2.53. The van der Waals surface area contributed by atoms with E-state index in [1.165, 1.54) is 19.2 Å². The Hall–Kier alpha value is -2.93. The Bertz CT molecular complexity index is 749. The number of nitrogens with zero attached hydrogens (tertiary/aromatic N) is 1. The Morgan fingerprint density at radius 3 is 2.48 bits per heavy atom. The number of anilines is 1. The van der Waals surface area contributed by atoms with Crippen LogP contribution in [0.2, 0.25) is 0 Å². The van der Waals surface area contributed by atoms with Crippen molar-refractivity contribution in [2.45, 2.75) is 25.9 Å². The normalized spacial score (nSPS) is 12.9. The highest BCUT2D eigenvalue weighted by Gasteiger charge is 2.23. The lowest BCUT2D eigenvalue weighted by Gasteiger charge is -2.17. The molecule has 0 unspecified atom stereocenters. The standard InChI is InChI=1S/C18H21N3O4/c1-12(14-7-5-4-6-8-14)19-13(2)18(22)20-16-10-9-15(25-3)11-17(16)21(23)24/h4-13,19H,1-3H3,(H,20,22)/p+1/t12-,13+/m1/s1. The topological polar surface area (TPSA) is 98.1 Å². The quantitative estimate of drug-likeness (QED) is 0.594. The number of hydrogen-bond acceptors (Lipinski definition) is 4. The largest absolute Gasteiger partial charge is 0.496 e. The molecule has 0 fully saturated rings. The van der Waals surface area contributed by atoms with E-state index in [1.54, 1.807) is 13.0 Å². The van der Waals surface area contributed by atoms with Crippen LogP contribution >= 0.6 is 0 Å². The lowest BCUT2D eigenvalue weighted by Crippen LogP contribution is -2.91. The summed E-state index contributed by atoms with van der Waals surface area (Å²) in [7, 11) is 1.43. The molecule has 2 aromatic rings. The van der Waals surface area contributed by atoms with Crippen LogP contribution in [0.3, 0.4) is 0 Å². The third-order valence-electron chi connectivity index (χ3n) is 3.98. The maximum Gasteiger partial charge on any atom is 0.296 e. The Labute approximate surface area is 146 Å². The molecule has 3 N–H and O–H groups in total. The van der Waals surface area contributed by atoms with Crippen molar-refractivity contribution in [3.05, 3.63) is 64.2 Å². The van der Waals surface area contributed by atoms with Crippen LogP contribution < -0.4 is 15.4 Å². The summed E-state index contributed by atoms with van der Waals surface area (Å²) in [6.45, 7) is 3.78. The number of nitrogens with two attached hydrogens (primary N) is 1. The average Bonchev–Trinajstić information content (AvgIpc) is 2.62. The van der Waals surface area contributed by atoms with Crippen LogP contribution in [0.4, 0.5) is 11.4 Å². The van der Waals surface area contributed by atoms with Gasteiger partial charge in [0.25, 0.3) is 11.6 Å². The molecule has 132 valence electrons. The second-order valence-electron chi connectivity index (χ2n) is 5.81. The zero-order chi connectivity index (χ0) is 18.4. The number of rotatable bonds is 7. The Balaban J connectivity index is 2.07. The van der Waals surface area contributed by atoms with Gasteiger partial charge in [-0.25, -0.2) is 0 Å². The van der Waals surface area contributed by atoms with Crippen LogP contribution in [-0.2, 0) is 4.79 Å². The first kappa shape index (κ1) is 18.4. The molecular weight excluding hydrogens is 322 g/mol. The smallest absolute Gasteiger partial charge is 0.296 e. The number of benzene rings is 2. The number of nitrogens with one attached hydrogen (secondary N) is 1. The van der Waals surface area contributed by atoms with Crippen molar-refractivity contribution < 1.29 is 19.8 Å².